The van der Waals surface area contributed by atoms with Crippen molar-refractivity contribution in [3.05, 3.63) is 78.2 Å². The standard InChI is InChI=1S/C20H18N2O2S/c1-3-12-22(19(23)16-10-7-11-17(13-16)24-2)20-21-18(14-25-20)15-8-5-4-6-9-15/h3-11,13-14H,1,12H2,2H3. The van der Waals surface area contributed by atoms with Crippen molar-refractivity contribution in [1.29, 1.82) is 0 Å². The molecular weight excluding hydrogens is 332 g/mol. The minimum Gasteiger partial charge on any atom is -0.497 e. The van der Waals surface area contributed by atoms with Crippen molar-refractivity contribution in [2.24, 2.45) is 0 Å². The van der Waals surface area contributed by atoms with E-state index in [1.54, 1.807) is 36.3 Å². The third-order valence-electron chi connectivity index (χ3n) is 3.67. The highest BCUT2D eigenvalue weighted by Crippen LogP contribution is 2.28. The zero-order chi connectivity index (χ0) is 17.6. The molecule has 0 aliphatic carbocycles. The van der Waals surface area contributed by atoms with Gasteiger partial charge in [0, 0.05) is 23.1 Å². The summed E-state index contributed by atoms with van der Waals surface area (Å²) in [5.41, 5.74) is 2.43. The molecule has 2 aromatic carbocycles. The molecular formula is C20H18N2O2S. The molecule has 126 valence electrons. The molecule has 0 bridgehead atoms. The SMILES string of the molecule is C=CCN(C(=O)c1cccc(OC)c1)c1nc(-c2ccccc2)cs1. The molecule has 3 rings (SSSR count). The summed E-state index contributed by atoms with van der Waals surface area (Å²) in [7, 11) is 1.58. The number of amides is 1. The second kappa shape index (κ2) is 7.77. The van der Waals surface area contributed by atoms with Gasteiger partial charge in [0.15, 0.2) is 5.13 Å². The van der Waals surface area contributed by atoms with E-state index < -0.39 is 0 Å². The van der Waals surface area contributed by atoms with Gasteiger partial charge >= 0.3 is 0 Å². The molecule has 1 amide bonds. The van der Waals surface area contributed by atoms with Gasteiger partial charge in [0.05, 0.1) is 12.8 Å². The van der Waals surface area contributed by atoms with Crippen LogP contribution in [-0.4, -0.2) is 24.5 Å². The summed E-state index contributed by atoms with van der Waals surface area (Å²) in [5, 5.41) is 2.60. The summed E-state index contributed by atoms with van der Waals surface area (Å²) in [5.74, 6) is 0.515. The Labute approximate surface area is 151 Å². The highest BCUT2D eigenvalue weighted by atomic mass is 32.1. The first-order chi connectivity index (χ1) is 12.2. The summed E-state index contributed by atoms with van der Waals surface area (Å²) in [6, 6.07) is 17.0. The lowest BCUT2D eigenvalue weighted by molar-refractivity contribution is 0.0989. The van der Waals surface area contributed by atoms with Crippen LogP contribution < -0.4 is 9.64 Å². The number of rotatable bonds is 6. The summed E-state index contributed by atoms with van der Waals surface area (Å²) < 4.78 is 5.21. The van der Waals surface area contributed by atoms with Crippen LogP contribution in [0.15, 0.2) is 72.6 Å². The van der Waals surface area contributed by atoms with E-state index >= 15 is 0 Å². The van der Waals surface area contributed by atoms with Crippen LogP contribution >= 0.6 is 11.3 Å². The van der Waals surface area contributed by atoms with Crippen LogP contribution in [0.25, 0.3) is 11.3 Å². The monoisotopic (exact) mass is 350 g/mol. The average molecular weight is 350 g/mol. The number of hydrogen-bond donors (Lipinski definition) is 0. The van der Waals surface area contributed by atoms with E-state index in [0.717, 1.165) is 11.3 Å². The Balaban J connectivity index is 1.92. The van der Waals surface area contributed by atoms with Crippen LogP contribution in [0.5, 0.6) is 5.75 Å². The number of anilines is 1. The third kappa shape index (κ3) is 3.78. The Kier molecular flexibility index (Phi) is 5.26. The summed E-state index contributed by atoms with van der Waals surface area (Å²) in [6.07, 6.45) is 1.70. The third-order valence-corrected chi connectivity index (χ3v) is 4.53. The number of thiazole rings is 1. The van der Waals surface area contributed by atoms with Gasteiger partial charge < -0.3 is 4.74 Å². The van der Waals surface area contributed by atoms with E-state index in [9.17, 15) is 4.79 Å². The zero-order valence-electron chi connectivity index (χ0n) is 13.9. The van der Waals surface area contributed by atoms with Crippen molar-refractivity contribution in [3.8, 4) is 17.0 Å². The fraction of sp³-hybridized carbons (Fsp3) is 0.100. The van der Waals surface area contributed by atoms with Crippen LogP contribution in [0.1, 0.15) is 10.4 Å². The van der Waals surface area contributed by atoms with Gasteiger partial charge in [0.25, 0.3) is 5.91 Å². The van der Waals surface area contributed by atoms with Gasteiger partial charge in [-0.3, -0.25) is 9.69 Å². The minimum absolute atomic E-state index is 0.132. The molecule has 5 heteroatoms. The van der Waals surface area contributed by atoms with Crippen LogP contribution in [-0.2, 0) is 0 Å². The van der Waals surface area contributed by atoms with Crippen LogP contribution in [0, 0.1) is 0 Å². The first-order valence-corrected chi connectivity index (χ1v) is 8.68. The van der Waals surface area contributed by atoms with Gasteiger partial charge in [-0.2, -0.15) is 0 Å². The maximum atomic E-state index is 12.9. The lowest BCUT2D eigenvalue weighted by Crippen LogP contribution is -2.30. The van der Waals surface area contributed by atoms with Crippen molar-refractivity contribution in [3.63, 3.8) is 0 Å². The van der Waals surface area contributed by atoms with Gasteiger partial charge in [-0.25, -0.2) is 4.98 Å². The van der Waals surface area contributed by atoms with Gasteiger partial charge in [0.2, 0.25) is 0 Å². The zero-order valence-corrected chi connectivity index (χ0v) is 14.7. The molecule has 0 atom stereocenters. The lowest BCUT2D eigenvalue weighted by atomic mass is 10.2. The largest absolute Gasteiger partial charge is 0.497 e. The molecule has 0 saturated heterocycles. The van der Waals surface area contributed by atoms with Crippen molar-refractivity contribution in [1.82, 2.24) is 4.98 Å². The quantitative estimate of drug-likeness (QED) is 0.608. The molecule has 25 heavy (non-hydrogen) atoms. The van der Waals surface area contributed by atoms with E-state index in [0.29, 0.717) is 23.0 Å². The fourth-order valence-electron chi connectivity index (χ4n) is 2.42. The molecule has 1 aromatic heterocycles. The van der Waals surface area contributed by atoms with Gasteiger partial charge in [0.1, 0.15) is 5.75 Å². The fourth-order valence-corrected chi connectivity index (χ4v) is 3.26. The second-order valence-electron chi connectivity index (χ2n) is 5.32. The molecule has 3 aromatic rings. The predicted octanol–water partition coefficient (Wildman–Crippen LogP) is 4.65. The molecule has 4 nitrogen and oxygen atoms in total. The smallest absolute Gasteiger partial charge is 0.260 e. The van der Waals surface area contributed by atoms with E-state index in [4.69, 9.17) is 4.74 Å². The molecule has 0 spiro atoms. The molecule has 0 aliphatic rings. The number of nitrogens with zero attached hydrogens (tertiary/aromatic N) is 2. The van der Waals surface area contributed by atoms with Crippen molar-refractivity contribution >= 4 is 22.4 Å². The number of aromatic nitrogens is 1. The average Bonchev–Trinajstić information content (AvgIpc) is 3.16. The van der Waals surface area contributed by atoms with Crippen LogP contribution in [0.3, 0.4) is 0 Å². The molecule has 0 fully saturated rings. The Morgan fingerprint density at radius 2 is 2.04 bits per heavy atom. The summed E-state index contributed by atoms with van der Waals surface area (Å²) >= 11 is 1.44. The molecule has 0 aliphatic heterocycles. The van der Waals surface area contributed by atoms with Crippen molar-refractivity contribution < 1.29 is 9.53 Å². The van der Waals surface area contributed by atoms with Gasteiger partial charge in [-0.15, -0.1) is 17.9 Å². The maximum Gasteiger partial charge on any atom is 0.260 e. The van der Waals surface area contributed by atoms with E-state index in [1.165, 1.54) is 11.3 Å². The predicted molar refractivity (Wildman–Crippen MR) is 102 cm³/mol. The second-order valence-corrected chi connectivity index (χ2v) is 6.15. The minimum atomic E-state index is -0.132. The van der Waals surface area contributed by atoms with E-state index in [1.807, 2.05) is 41.8 Å². The van der Waals surface area contributed by atoms with Crippen LogP contribution in [0.2, 0.25) is 0 Å². The molecule has 0 saturated carbocycles. The lowest BCUT2D eigenvalue weighted by Gasteiger charge is -2.18. The number of hydrogen-bond acceptors (Lipinski definition) is 4. The van der Waals surface area contributed by atoms with Crippen molar-refractivity contribution in [2.75, 3.05) is 18.6 Å². The summed E-state index contributed by atoms with van der Waals surface area (Å²) in [6.45, 7) is 4.15. The normalized spacial score (nSPS) is 10.3. The topological polar surface area (TPSA) is 42.4 Å². The van der Waals surface area contributed by atoms with Gasteiger partial charge in [-0.1, -0.05) is 42.5 Å². The number of carbonyl (C=O) groups is 1. The number of benzene rings is 2. The summed E-state index contributed by atoms with van der Waals surface area (Å²) in [4.78, 5) is 19.2. The molecule has 0 N–H and O–H groups in total. The number of carbonyl (C=O) groups excluding carboxylic acids is 1. The van der Waals surface area contributed by atoms with E-state index in [2.05, 4.69) is 11.6 Å². The van der Waals surface area contributed by atoms with Gasteiger partial charge in [-0.05, 0) is 18.2 Å². The van der Waals surface area contributed by atoms with E-state index in [-0.39, 0.29) is 5.91 Å². The maximum absolute atomic E-state index is 12.9. The Bertz CT molecular complexity index is 874. The van der Waals surface area contributed by atoms with Crippen LogP contribution in [0.4, 0.5) is 5.13 Å². The Morgan fingerprint density at radius 1 is 1.24 bits per heavy atom. The molecule has 1 heterocycles. The first-order valence-electron chi connectivity index (χ1n) is 7.80. The molecule has 0 radical (unpaired) electrons. The van der Waals surface area contributed by atoms with Crippen molar-refractivity contribution in [2.45, 2.75) is 0 Å². The number of methoxy groups -OCH3 is 1. The molecule has 0 unspecified atom stereocenters. The first kappa shape index (κ1) is 16.9. The Hall–Kier alpha value is -2.92. The highest BCUT2D eigenvalue weighted by Gasteiger charge is 2.20. The highest BCUT2D eigenvalue weighted by molar-refractivity contribution is 7.14. The number of ether oxygens (including phenoxy) is 1. The Morgan fingerprint density at radius 3 is 2.76 bits per heavy atom.